The molecule has 15 heavy (non-hydrogen) atoms. The zero-order chi connectivity index (χ0) is 11.0. The Bertz CT molecular complexity index is 414. The normalized spacial score (nSPS) is 16.7. The predicted molar refractivity (Wildman–Crippen MR) is 68.6 cm³/mol. The molecule has 76 valence electrons. The molecule has 0 N–H and O–H groups in total. The molecule has 0 atom stereocenters. The third kappa shape index (κ3) is 1.56. The quantitative estimate of drug-likeness (QED) is 0.605. The molecule has 0 amide bonds. The van der Waals surface area contributed by atoms with Crippen molar-refractivity contribution >= 4 is 12.2 Å². The molecule has 0 bridgehead atoms. The van der Waals surface area contributed by atoms with Crippen LogP contribution in [0.4, 0.5) is 0 Å². The van der Waals surface area contributed by atoms with E-state index in [0.29, 0.717) is 6.71 Å². The molecule has 0 fully saturated rings. The van der Waals surface area contributed by atoms with Crippen LogP contribution in [0.15, 0.2) is 52.4 Å². The first-order chi connectivity index (χ1) is 7.13. The topological polar surface area (TPSA) is 0 Å². The van der Waals surface area contributed by atoms with Crippen LogP contribution in [0.3, 0.4) is 0 Å². The molecule has 0 saturated heterocycles. The molecule has 0 unspecified atom stereocenters. The molecule has 1 aliphatic heterocycles. The fourth-order valence-corrected chi connectivity index (χ4v) is 2.49. The summed E-state index contributed by atoms with van der Waals surface area (Å²) in [5, 5.41) is 0. The summed E-state index contributed by atoms with van der Waals surface area (Å²) in [5.74, 6) is 0. The van der Waals surface area contributed by atoms with Crippen molar-refractivity contribution < 1.29 is 0 Å². The fourth-order valence-electron chi connectivity index (χ4n) is 2.49. The molecular weight excluding hydrogens is 179 g/mol. The Hall–Kier alpha value is -1.24. The summed E-state index contributed by atoms with van der Waals surface area (Å²) in [6.07, 6.45) is 0. The van der Waals surface area contributed by atoms with E-state index in [4.69, 9.17) is 0 Å². The lowest BCUT2D eigenvalue weighted by atomic mass is 9.38. The van der Waals surface area contributed by atoms with E-state index in [2.05, 4.69) is 58.0 Å². The van der Waals surface area contributed by atoms with Gasteiger partial charge in [-0.2, -0.15) is 0 Å². The van der Waals surface area contributed by atoms with Gasteiger partial charge in [0.1, 0.15) is 0 Å². The molecule has 0 radical (unpaired) electrons. The molecule has 0 aromatic heterocycles. The maximum Gasteiger partial charge on any atom is 0.232 e. The summed E-state index contributed by atoms with van der Waals surface area (Å²) >= 11 is 0. The van der Waals surface area contributed by atoms with Crippen molar-refractivity contribution in [2.75, 3.05) is 0 Å². The SMILES string of the molecule is CC1=C(C)C(C)=C(C)B1c1ccccc1. The summed E-state index contributed by atoms with van der Waals surface area (Å²) in [7, 11) is 0. The molecule has 0 spiro atoms. The second-order valence-electron chi connectivity index (χ2n) is 4.46. The summed E-state index contributed by atoms with van der Waals surface area (Å²) in [4.78, 5) is 0. The number of rotatable bonds is 1. The van der Waals surface area contributed by atoms with Crippen LogP contribution in [-0.4, -0.2) is 6.71 Å². The molecule has 1 aromatic rings. The van der Waals surface area contributed by atoms with Gasteiger partial charge in [0.05, 0.1) is 0 Å². The van der Waals surface area contributed by atoms with Crippen LogP contribution in [-0.2, 0) is 0 Å². The minimum absolute atomic E-state index is 0.520. The van der Waals surface area contributed by atoms with E-state index >= 15 is 0 Å². The summed E-state index contributed by atoms with van der Waals surface area (Å²) in [6, 6.07) is 10.8. The molecule has 0 aliphatic carbocycles. The summed E-state index contributed by atoms with van der Waals surface area (Å²) in [6.45, 7) is 9.50. The van der Waals surface area contributed by atoms with E-state index in [1.54, 1.807) is 0 Å². The monoisotopic (exact) mass is 196 g/mol. The van der Waals surface area contributed by atoms with Gasteiger partial charge in [-0.25, -0.2) is 0 Å². The van der Waals surface area contributed by atoms with Gasteiger partial charge in [-0.15, -0.1) is 0 Å². The second-order valence-corrected chi connectivity index (χ2v) is 4.46. The number of hydrogen-bond acceptors (Lipinski definition) is 0. The Kier molecular flexibility index (Phi) is 2.56. The minimum atomic E-state index is 0.520. The van der Waals surface area contributed by atoms with Crippen LogP contribution in [0.5, 0.6) is 0 Å². The van der Waals surface area contributed by atoms with Crippen molar-refractivity contribution in [3.8, 4) is 0 Å². The Labute approximate surface area is 92.8 Å². The molecule has 0 nitrogen and oxygen atoms in total. The molecular formula is C14H17B. The maximum atomic E-state index is 2.26. The summed E-state index contributed by atoms with van der Waals surface area (Å²) in [5.41, 5.74) is 7.39. The van der Waals surface area contributed by atoms with E-state index < -0.39 is 0 Å². The Morgan fingerprint density at radius 3 is 1.67 bits per heavy atom. The van der Waals surface area contributed by atoms with Gasteiger partial charge < -0.3 is 0 Å². The van der Waals surface area contributed by atoms with Crippen molar-refractivity contribution in [3.63, 3.8) is 0 Å². The lowest BCUT2D eigenvalue weighted by Gasteiger charge is -2.11. The zero-order valence-electron chi connectivity index (χ0n) is 9.96. The van der Waals surface area contributed by atoms with Gasteiger partial charge in [-0.3, -0.25) is 0 Å². The van der Waals surface area contributed by atoms with Crippen LogP contribution >= 0.6 is 0 Å². The predicted octanol–water partition coefficient (Wildman–Crippen LogP) is 3.15. The molecule has 2 rings (SSSR count). The van der Waals surface area contributed by atoms with E-state index in [1.807, 2.05) is 0 Å². The van der Waals surface area contributed by atoms with Gasteiger partial charge in [0.2, 0.25) is 6.71 Å². The maximum absolute atomic E-state index is 2.26. The van der Waals surface area contributed by atoms with Crippen molar-refractivity contribution in [1.82, 2.24) is 0 Å². The third-order valence-electron chi connectivity index (χ3n) is 3.74. The van der Waals surface area contributed by atoms with Crippen molar-refractivity contribution in [2.45, 2.75) is 27.7 Å². The number of hydrogen-bond donors (Lipinski definition) is 0. The third-order valence-corrected chi connectivity index (χ3v) is 3.74. The average molecular weight is 196 g/mol. The van der Waals surface area contributed by atoms with Gasteiger partial charge >= 0.3 is 0 Å². The van der Waals surface area contributed by atoms with Gasteiger partial charge in [0.15, 0.2) is 0 Å². The lowest BCUT2D eigenvalue weighted by molar-refractivity contribution is 1.31. The van der Waals surface area contributed by atoms with Gasteiger partial charge in [-0.1, -0.05) is 71.7 Å². The fraction of sp³-hybridized carbons (Fsp3) is 0.286. The van der Waals surface area contributed by atoms with Crippen LogP contribution in [0.2, 0.25) is 0 Å². The van der Waals surface area contributed by atoms with Crippen LogP contribution in [0.1, 0.15) is 27.7 Å². The van der Waals surface area contributed by atoms with E-state index in [0.717, 1.165) is 0 Å². The highest BCUT2D eigenvalue weighted by Crippen LogP contribution is 2.30. The largest absolute Gasteiger partial charge is 0.232 e. The van der Waals surface area contributed by atoms with Gasteiger partial charge in [0.25, 0.3) is 0 Å². The smallest absolute Gasteiger partial charge is 0.0910 e. The van der Waals surface area contributed by atoms with E-state index in [-0.39, 0.29) is 0 Å². The van der Waals surface area contributed by atoms with Crippen LogP contribution in [0.25, 0.3) is 0 Å². The first kappa shape index (κ1) is 10.3. The Morgan fingerprint density at radius 2 is 1.20 bits per heavy atom. The molecule has 1 heteroatoms. The average Bonchev–Trinajstić information content (AvgIpc) is 2.45. The Balaban J connectivity index is 2.50. The van der Waals surface area contributed by atoms with Crippen LogP contribution < -0.4 is 5.46 Å². The van der Waals surface area contributed by atoms with Crippen LogP contribution in [0, 0.1) is 0 Å². The molecule has 1 aliphatic rings. The van der Waals surface area contributed by atoms with Crippen molar-refractivity contribution in [3.05, 3.63) is 52.4 Å². The first-order valence-corrected chi connectivity index (χ1v) is 5.53. The Morgan fingerprint density at radius 1 is 0.733 bits per heavy atom. The number of allylic oxidation sites excluding steroid dienone is 4. The van der Waals surface area contributed by atoms with E-state index in [1.165, 1.54) is 27.6 Å². The molecule has 1 heterocycles. The highest BCUT2D eigenvalue weighted by atomic mass is 14.1. The van der Waals surface area contributed by atoms with Crippen molar-refractivity contribution in [2.24, 2.45) is 0 Å². The molecule has 1 aromatic carbocycles. The summed E-state index contributed by atoms with van der Waals surface area (Å²) < 4.78 is 0. The second kappa shape index (κ2) is 3.73. The number of benzene rings is 1. The standard InChI is InChI=1S/C14H17B/c1-10-11(2)13(4)15(12(10)3)14-8-6-5-7-9-14/h5-9H,1-4H3. The van der Waals surface area contributed by atoms with E-state index in [9.17, 15) is 0 Å². The van der Waals surface area contributed by atoms with Gasteiger partial charge in [0, 0.05) is 0 Å². The highest BCUT2D eigenvalue weighted by Gasteiger charge is 2.28. The lowest BCUT2D eigenvalue weighted by Crippen LogP contribution is -2.31. The van der Waals surface area contributed by atoms with Gasteiger partial charge in [-0.05, 0) is 13.8 Å². The first-order valence-electron chi connectivity index (χ1n) is 5.53. The zero-order valence-corrected chi connectivity index (χ0v) is 9.96. The minimum Gasteiger partial charge on any atom is -0.0910 e. The van der Waals surface area contributed by atoms with Crippen molar-refractivity contribution in [1.29, 1.82) is 0 Å². The molecule has 0 saturated carbocycles. The highest BCUT2D eigenvalue weighted by molar-refractivity contribution is 6.86.